The van der Waals surface area contributed by atoms with Crippen LogP contribution >= 0.6 is 0 Å². The van der Waals surface area contributed by atoms with E-state index in [1.54, 1.807) is 13.8 Å². The molecule has 0 amide bonds. The second-order valence-electron chi connectivity index (χ2n) is 15.5. The summed E-state index contributed by atoms with van der Waals surface area (Å²) in [7, 11) is 0. The van der Waals surface area contributed by atoms with Crippen molar-refractivity contribution in [2.24, 2.45) is 45.3 Å². The Morgan fingerprint density at radius 2 is 1.74 bits per heavy atom. The molecule has 0 aromatic carbocycles. The largest absolute Gasteiger partial charge is 0.462 e. The number of aliphatic hydroxyl groups is 3. The molecule has 0 unspecified atom stereocenters. The lowest BCUT2D eigenvalue weighted by atomic mass is 9.37. The van der Waals surface area contributed by atoms with Crippen LogP contribution in [0.25, 0.3) is 0 Å². The molecule has 4 aliphatic carbocycles. The van der Waals surface area contributed by atoms with Gasteiger partial charge in [-0.15, -0.1) is 0 Å². The molecule has 6 heteroatoms. The van der Waals surface area contributed by atoms with Crippen molar-refractivity contribution in [3.63, 3.8) is 0 Å². The van der Waals surface area contributed by atoms with E-state index in [0.717, 1.165) is 38.5 Å². The van der Waals surface area contributed by atoms with Gasteiger partial charge in [0.2, 0.25) is 0 Å². The van der Waals surface area contributed by atoms with E-state index in [1.165, 1.54) is 12.5 Å². The third kappa shape index (κ3) is 3.98. The standard InChI is InChI=1S/C32H52O6/c1-18(33)38-26-16-24-28(2,3)25(35)12-14-31(24,7)23-11-13-30(6)20(9-10-22(30)32(23,26)8)19-15-21(34)27(37-17-19)29(4,5)36/h10,19-21,23-27,34-36H,9,11-17H2,1-8H3/t19-,20+,21-,23-,24+,25-,26-,27-,30+,31-,32+/m1/s1. The van der Waals surface area contributed by atoms with Gasteiger partial charge in [-0.25, -0.2) is 0 Å². The summed E-state index contributed by atoms with van der Waals surface area (Å²) in [5, 5.41) is 32.4. The Labute approximate surface area is 229 Å². The molecule has 11 atom stereocenters. The highest BCUT2D eigenvalue weighted by molar-refractivity contribution is 5.66. The summed E-state index contributed by atoms with van der Waals surface area (Å²) in [5.74, 6) is 0.988. The summed E-state index contributed by atoms with van der Waals surface area (Å²) in [4.78, 5) is 12.5. The molecule has 4 fully saturated rings. The van der Waals surface area contributed by atoms with Gasteiger partial charge in [-0.05, 0) is 98.7 Å². The average molecular weight is 533 g/mol. The highest BCUT2D eigenvalue weighted by atomic mass is 16.5. The number of fused-ring (bicyclic) bond motifs is 5. The lowest BCUT2D eigenvalue weighted by Crippen LogP contribution is -2.66. The lowest BCUT2D eigenvalue weighted by molar-refractivity contribution is -0.224. The molecular weight excluding hydrogens is 480 g/mol. The topological polar surface area (TPSA) is 96.2 Å². The molecule has 0 bridgehead atoms. The summed E-state index contributed by atoms with van der Waals surface area (Å²) in [6, 6.07) is 0. The fraction of sp³-hybridized carbons (Fsp3) is 0.906. The van der Waals surface area contributed by atoms with Crippen molar-refractivity contribution in [2.75, 3.05) is 6.61 Å². The molecule has 0 radical (unpaired) electrons. The maximum Gasteiger partial charge on any atom is 0.302 e. The smallest absolute Gasteiger partial charge is 0.302 e. The van der Waals surface area contributed by atoms with Crippen molar-refractivity contribution in [1.29, 1.82) is 0 Å². The summed E-state index contributed by atoms with van der Waals surface area (Å²) in [6.45, 7) is 17.1. The van der Waals surface area contributed by atoms with Crippen LogP contribution < -0.4 is 0 Å². The van der Waals surface area contributed by atoms with Crippen LogP contribution in [0.1, 0.15) is 100 Å². The van der Waals surface area contributed by atoms with Crippen molar-refractivity contribution < 1.29 is 29.6 Å². The van der Waals surface area contributed by atoms with E-state index in [0.29, 0.717) is 24.9 Å². The second-order valence-corrected chi connectivity index (χ2v) is 15.5. The molecule has 3 saturated carbocycles. The normalized spacial score (nSPS) is 50.3. The molecule has 0 spiro atoms. The van der Waals surface area contributed by atoms with Gasteiger partial charge in [0.05, 0.1) is 24.4 Å². The SMILES string of the molecule is CC(=O)O[C@@H]1C[C@H]2C(C)(C)[C@H](O)CC[C@]2(C)[C@H]2CC[C@]3(C)C(=CC[C@H]3[C@H]3CO[C@@H](C(C)(C)O)[C@H](O)C3)[C@@]21C. The summed E-state index contributed by atoms with van der Waals surface area (Å²) in [6.07, 6.45) is 6.97. The van der Waals surface area contributed by atoms with Gasteiger partial charge in [-0.3, -0.25) is 4.79 Å². The van der Waals surface area contributed by atoms with E-state index < -0.39 is 17.8 Å². The molecule has 3 N–H and O–H groups in total. The van der Waals surface area contributed by atoms with Gasteiger partial charge < -0.3 is 24.8 Å². The Kier molecular flexibility index (Phi) is 6.79. The molecule has 5 aliphatic rings. The Bertz CT molecular complexity index is 981. The number of carbonyl (C=O) groups excluding carboxylic acids is 1. The van der Waals surface area contributed by atoms with E-state index in [-0.39, 0.29) is 51.7 Å². The minimum Gasteiger partial charge on any atom is -0.462 e. The number of allylic oxidation sites excluding steroid dienone is 1. The fourth-order valence-corrected chi connectivity index (χ4v) is 10.8. The highest BCUT2D eigenvalue weighted by Crippen LogP contribution is 2.73. The van der Waals surface area contributed by atoms with E-state index in [1.807, 2.05) is 0 Å². The van der Waals surface area contributed by atoms with Gasteiger partial charge in [0, 0.05) is 12.3 Å². The molecular formula is C32H52O6. The quantitative estimate of drug-likeness (QED) is 0.349. The van der Waals surface area contributed by atoms with Crippen molar-refractivity contribution >= 4 is 5.97 Å². The van der Waals surface area contributed by atoms with Gasteiger partial charge in [-0.2, -0.15) is 0 Å². The Balaban J connectivity index is 1.49. The van der Waals surface area contributed by atoms with Crippen LogP contribution in [-0.2, 0) is 14.3 Å². The summed E-state index contributed by atoms with van der Waals surface area (Å²) in [5.41, 5.74) is -0.108. The minimum absolute atomic E-state index is 0.0497. The van der Waals surface area contributed by atoms with Crippen LogP contribution in [-0.4, -0.2) is 57.9 Å². The zero-order valence-electron chi connectivity index (χ0n) is 24.9. The first-order valence-corrected chi connectivity index (χ1v) is 15.1. The van der Waals surface area contributed by atoms with Crippen molar-refractivity contribution in [3.8, 4) is 0 Å². The van der Waals surface area contributed by atoms with E-state index >= 15 is 0 Å². The molecule has 6 nitrogen and oxygen atoms in total. The first-order chi connectivity index (χ1) is 17.5. The second kappa shape index (κ2) is 9.03. The number of hydrogen-bond donors (Lipinski definition) is 3. The molecule has 1 aliphatic heterocycles. The van der Waals surface area contributed by atoms with Crippen molar-refractivity contribution in [2.45, 2.75) is 130 Å². The fourth-order valence-electron chi connectivity index (χ4n) is 10.8. The van der Waals surface area contributed by atoms with Gasteiger partial charge in [-0.1, -0.05) is 46.3 Å². The number of esters is 1. The zero-order chi connectivity index (χ0) is 28.1. The first kappa shape index (κ1) is 28.6. The number of carbonyl (C=O) groups is 1. The minimum atomic E-state index is -1.08. The molecule has 216 valence electrons. The van der Waals surface area contributed by atoms with E-state index in [4.69, 9.17) is 9.47 Å². The molecule has 1 heterocycles. The van der Waals surface area contributed by atoms with E-state index in [2.05, 4.69) is 40.7 Å². The van der Waals surface area contributed by atoms with Crippen LogP contribution in [0.3, 0.4) is 0 Å². The number of hydrogen-bond acceptors (Lipinski definition) is 6. The number of aliphatic hydroxyl groups excluding tert-OH is 2. The molecule has 5 rings (SSSR count). The lowest BCUT2D eigenvalue weighted by Gasteiger charge is -2.68. The van der Waals surface area contributed by atoms with Crippen LogP contribution in [0.4, 0.5) is 0 Å². The first-order valence-electron chi connectivity index (χ1n) is 15.1. The Morgan fingerprint density at radius 1 is 1.05 bits per heavy atom. The monoisotopic (exact) mass is 532 g/mol. The van der Waals surface area contributed by atoms with Crippen LogP contribution in [0.15, 0.2) is 11.6 Å². The summed E-state index contributed by atoms with van der Waals surface area (Å²) < 4.78 is 12.3. The molecule has 0 aromatic rings. The van der Waals surface area contributed by atoms with Crippen LogP contribution in [0.5, 0.6) is 0 Å². The van der Waals surface area contributed by atoms with E-state index in [9.17, 15) is 20.1 Å². The Hall–Kier alpha value is -0.950. The molecule has 0 aromatic heterocycles. The van der Waals surface area contributed by atoms with Crippen LogP contribution in [0.2, 0.25) is 0 Å². The highest BCUT2D eigenvalue weighted by Gasteiger charge is 2.69. The van der Waals surface area contributed by atoms with Crippen molar-refractivity contribution in [1.82, 2.24) is 0 Å². The third-order valence-corrected chi connectivity index (χ3v) is 12.6. The third-order valence-electron chi connectivity index (χ3n) is 12.6. The maximum absolute atomic E-state index is 12.5. The zero-order valence-corrected chi connectivity index (χ0v) is 24.9. The molecule has 38 heavy (non-hydrogen) atoms. The maximum atomic E-state index is 12.5. The predicted octanol–water partition coefficient (Wildman–Crippen LogP) is 5.03. The Morgan fingerprint density at radius 3 is 2.34 bits per heavy atom. The summed E-state index contributed by atoms with van der Waals surface area (Å²) >= 11 is 0. The van der Waals surface area contributed by atoms with Gasteiger partial charge >= 0.3 is 5.97 Å². The number of rotatable bonds is 3. The van der Waals surface area contributed by atoms with Crippen molar-refractivity contribution in [3.05, 3.63) is 11.6 Å². The average Bonchev–Trinajstić information content (AvgIpc) is 3.15. The van der Waals surface area contributed by atoms with Crippen LogP contribution in [0, 0.1) is 45.3 Å². The number of ether oxygens (including phenoxy) is 2. The van der Waals surface area contributed by atoms with Gasteiger partial charge in [0.1, 0.15) is 12.2 Å². The van der Waals surface area contributed by atoms with Gasteiger partial charge in [0.15, 0.2) is 0 Å². The van der Waals surface area contributed by atoms with Gasteiger partial charge in [0.25, 0.3) is 0 Å². The molecule has 1 saturated heterocycles. The predicted molar refractivity (Wildman–Crippen MR) is 146 cm³/mol.